The van der Waals surface area contributed by atoms with Gasteiger partial charge in [0, 0.05) is 6.07 Å². The van der Waals surface area contributed by atoms with Crippen LogP contribution in [0, 0.1) is 11.3 Å². The normalized spacial score (nSPS) is 26.4. The van der Waals surface area contributed by atoms with Crippen molar-refractivity contribution in [2.45, 2.75) is 53.0 Å². The summed E-state index contributed by atoms with van der Waals surface area (Å²) in [5, 5.41) is 16.3. The number of sulfonamides is 1. The summed E-state index contributed by atoms with van der Waals surface area (Å²) in [6.45, 7) is 1.80. The third-order valence-electron chi connectivity index (χ3n) is 6.76. The van der Waals surface area contributed by atoms with Crippen LogP contribution in [0.15, 0.2) is 53.4 Å². The number of benzene rings is 2. The minimum absolute atomic E-state index is 0.0200. The lowest BCUT2D eigenvalue weighted by Crippen LogP contribution is -2.57. The van der Waals surface area contributed by atoms with Crippen LogP contribution in [0.3, 0.4) is 0 Å². The van der Waals surface area contributed by atoms with Crippen molar-refractivity contribution in [2.24, 2.45) is 5.14 Å². The van der Waals surface area contributed by atoms with Crippen LogP contribution < -0.4 is 15.3 Å². The van der Waals surface area contributed by atoms with Crippen molar-refractivity contribution < 1.29 is 22.7 Å². The van der Waals surface area contributed by atoms with E-state index in [4.69, 9.17) is 9.88 Å². The number of primary sulfonamides is 1. The van der Waals surface area contributed by atoms with Gasteiger partial charge in [-0.2, -0.15) is 5.26 Å². The van der Waals surface area contributed by atoms with E-state index in [2.05, 4.69) is 11.5 Å². The molecule has 1 atom stereocenters. The number of nitrogens with two attached hydrogens (primary N) is 1. The quantitative estimate of drug-likeness (QED) is 0.624. The van der Waals surface area contributed by atoms with Crippen molar-refractivity contribution in [2.75, 3.05) is 7.11 Å². The Morgan fingerprint density at radius 1 is 1.20 bits per heavy atom. The first-order valence-corrected chi connectivity index (χ1v) is 13.5. The predicted octanol–water partition coefficient (Wildman–Crippen LogP) is 2.68. The number of thioether (sulfide) groups is 1. The fourth-order valence-corrected chi connectivity index (χ4v) is 6.87. The number of methoxy groups -OCH3 is 1. The molecule has 1 unspecified atom stereocenters. The molecule has 4 rings (SSSR count). The van der Waals surface area contributed by atoms with Gasteiger partial charge in [-0.15, -0.1) is 11.8 Å². The summed E-state index contributed by atoms with van der Waals surface area (Å²) in [5.41, 5.74) is 3.11. The Hall–Kier alpha value is -3.07. The Morgan fingerprint density at radius 3 is 2.43 bits per heavy atom. The van der Waals surface area contributed by atoms with Crippen LogP contribution in [-0.4, -0.2) is 42.5 Å². The van der Waals surface area contributed by atoms with E-state index < -0.39 is 26.2 Å². The minimum Gasteiger partial charge on any atom is -0.496 e. The molecule has 1 saturated heterocycles. The molecule has 9 nitrogen and oxygen atoms in total. The van der Waals surface area contributed by atoms with Crippen LogP contribution in [0.4, 0.5) is 0 Å². The first-order chi connectivity index (χ1) is 16.5. The number of hydrogen-bond donors (Lipinski definition) is 2. The third-order valence-corrected chi connectivity index (χ3v) is 9.25. The Morgan fingerprint density at radius 2 is 1.86 bits per heavy atom. The molecule has 2 aromatic rings. The molecule has 11 heteroatoms. The summed E-state index contributed by atoms with van der Waals surface area (Å²) in [6.07, 6.45) is 2.13. The van der Waals surface area contributed by atoms with Gasteiger partial charge in [-0.05, 0) is 50.3 Å². The van der Waals surface area contributed by atoms with Gasteiger partial charge in [0.15, 0.2) is 0 Å². The molecule has 2 aliphatic rings. The van der Waals surface area contributed by atoms with Gasteiger partial charge in [0.1, 0.15) is 10.6 Å². The van der Waals surface area contributed by atoms with Crippen molar-refractivity contribution in [1.29, 1.82) is 5.26 Å². The summed E-state index contributed by atoms with van der Waals surface area (Å²) in [6, 6.07) is 15.8. The lowest BCUT2D eigenvalue weighted by molar-refractivity contribution is -0.135. The van der Waals surface area contributed by atoms with Gasteiger partial charge in [-0.25, -0.2) is 18.6 Å². The van der Waals surface area contributed by atoms with Crippen molar-refractivity contribution in [1.82, 2.24) is 10.4 Å². The Bertz CT molecular complexity index is 1300. The minimum atomic E-state index is -3.98. The number of nitrogens with zero attached hydrogens (tertiary/aromatic N) is 2. The molecule has 2 aromatic carbocycles. The fourth-order valence-electron chi connectivity index (χ4n) is 4.80. The number of hydrazine groups is 1. The van der Waals surface area contributed by atoms with E-state index in [0.717, 1.165) is 5.56 Å². The Balaban J connectivity index is 1.60. The van der Waals surface area contributed by atoms with E-state index in [0.29, 0.717) is 25.7 Å². The maximum atomic E-state index is 13.2. The van der Waals surface area contributed by atoms with Crippen LogP contribution in [0.5, 0.6) is 5.75 Å². The second-order valence-corrected chi connectivity index (χ2v) is 12.1. The van der Waals surface area contributed by atoms with Gasteiger partial charge in [0.2, 0.25) is 10.0 Å². The molecule has 1 aliphatic carbocycles. The molecule has 1 aliphatic heterocycles. The van der Waals surface area contributed by atoms with E-state index >= 15 is 0 Å². The largest absolute Gasteiger partial charge is 0.496 e. The molecular weight excluding hydrogens is 488 g/mol. The summed E-state index contributed by atoms with van der Waals surface area (Å²) in [7, 11) is -2.67. The summed E-state index contributed by atoms with van der Waals surface area (Å²) >= 11 is 1.49. The van der Waals surface area contributed by atoms with Crippen LogP contribution in [0.25, 0.3) is 0 Å². The Kier molecular flexibility index (Phi) is 6.57. The maximum absolute atomic E-state index is 13.2. The standard InChI is InChI=1S/C24H26N4O5S2/c1-16-22(30)28(27-21(29)19-9-8-18(35(26,31)32)14-20(19)33-2)24(34-16)12-10-23(15-25,11-13-24)17-6-4-3-5-7-17/h3-9,14,16H,10-13H2,1-2H3,(H,27,29)(H2,26,31,32). The van der Waals surface area contributed by atoms with Gasteiger partial charge < -0.3 is 4.74 Å². The molecule has 3 N–H and O–H groups in total. The zero-order chi connectivity index (χ0) is 25.4. The number of hydrogen-bond acceptors (Lipinski definition) is 7. The summed E-state index contributed by atoms with van der Waals surface area (Å²) in [4.78, 5) is 25.4. The van der Waals surface area contributed by atoms with Crippen molar-refractivity contribution in [3.8, 4) is 11.8 Å². The molecule has 2 fully saturated rings. The highest BCUT2D eigenvalue weighted by atomic mass is 32.2. The van der Waals surface area contributed by atoms with Crippen molar-refractivity contribution >= 4 is 33.6 Å². The van der Waals surface area contributed by atoms with Gasteiger partial charge in [-0.1, -0.05) is 30.3 Å². The molecule has 1 saturated carbocycles. The van der Waals surface area contributed by atoms with E-state index in [9.17, 15) is 23.3 Å². The molecule has 1 spiro atoms. The number of nitriles is 1. The van der Waals surface area contributed by atoms with Crippen LogP contribution in [0.2, 0.25) is 0 Å². The molecule has 1 heterocycles. The lowest BCUT2D eigenvalue weighted by atomic mass is 9.69. The van der Waals surface area contributed by atoms with Gasteiger partial charge in [0.25, 0.3) is 11.8 Å². The average molecular weight is 515 g/mol. The number of carbonyl (C=O) groups is 2. The van der Waals surface area contributed by atoms with Gasteiger partial charge >= 0.3 is 0 Å². The van der Waals surface area contributed by atoms with E-state index in [1.807, 2.05) is 30.3 Å². The first kappa shape index (κ1) is 25.0. The monoisotopic (exact) mass is 514 g/mol. The number of ether oxygens (including phenoxy) is 1. The topological polar surface area (TPSA) is 143 Å². The van der Waals surface area contributed by atoms with E-state index in [1.54, 1.807) is 6.92 Å². The second kappa shape index (κ2) is 9.18. The zero-order valence-corrected chi connectivity index (χ0v) is 21.0. The lowest BCUT2D eigenvalue weighted by Gasteiger charge is -2.45. The second-order valence-electron chi connectivity index (χ2n) is 8.79. The fraction of sp³-hybridized carbons (Fsp3) is 0.375. The maximum Gasteiger partial charge on any atom is 0.273 e. The van der Waals surface area contributed by atoms with Crippen LogP contribution in [-0.2, 0) is 20.2 Å². The highest BCUT2D eigenvalue weighted by Crippen LogP contribution is 2.54. The van der Waals surface area contributed by atoms with E-state index in [-0.39, 0.29) is 27.4 Å². The molecule has 35 heavy (non-hydrogen) atoms. The molecule has 0 aromatic heterocycles. The number of amides is 2. The summed E-state index contributed by atoms with van der Waals surface area (Å²) < 4.78 is 28.5. The molecular formula is C24H26N4O5S2. The van der Waals surface area contributed by atoms with Crippen LogP contribution in [0.1, 0.15) is 48.5 Å². The van der Waals surface area contributed by atoms with Crippen molar-refractivity contribution in [3.05, 3.63) is 59.7 Å². The smallest absolute Gasteiger partial charge is 0.273 e. The first-order valence-electron chi connectivity index (χ1n) is 11.1. The number of carbonyl (C=O) groups excluding carboxylic acids is 2. The zero-order valence-electron chi connectivity index (χ0n) is 19.4. The highest BCUT2D eigenvalue weighted by molar-refractivity contribution is 8.02. The molecule has 184 valence electrons. The van der Waals surface area contributed by atoms with Crippen LogP contribution >= 0.6 is 11.8 Å². The van der Waals surface area contributed by atoms with Crippen molar-refractivity contribution in [3.63, 3.8) is 0 Å². The van der Waals surface area contributed by atoms with E-state index in [1.165, 1.54) is 42.1 Å². The highest BCUT2D eigenvalue weighted by Gasteiger charge is 2.55. The molecule has 0 bridgehead atoms. The number of rotatable bonds is 5. The Labute approximate surface area is 208 Å². The SMILES string of the molecule is COc1cc(S(N)(=O)=O)ccc1C(=O)NN1C(=O)C(C)SC12CCC(C#N)(c1ccccc1)CC2. The average Bonchev–Trinajstić information content (AvgIpc) is 3.08. The number of nitrogens with one attached hydrogen (secondary N) is 1. The van der Waals surface area contributed by atoms with Gasteiger partial charge in [-0.3, -0.25) is 15.0 Å². The predicted molar refractivity (Wildman–Crippen MR) is 131 cm³/mol. The van der Waals surface area contributed by atoms with Gasteiger partial charge in [0.05, 0.1) is 34.3 Å². The third kappa shape index (κ3) is 4.49. The molecule has 0 radical (unpaired) electrons. The molecule has 2 amide bonds. The summed E-state index contributed by atoms with van der Waals surface area (Å²) in [5.74, 6) is -0.815.